The number of benzene rings is 1. The Bertz CT molecular complexity index is 1260. The summed E-state index contributed by atoms with van der Waals surface area (Å²) in [7, 11) is 1.77. The third-order valence-corrected chi connectivity index (χ3v) is 6.39. The fourth-order valence-corrected chi connectivity index (χ4v) is 4.41. The predicted molar refractivity (Wildman–Crippen MR) is 126 cm³/mol. The molecule has 8 nitrogen and oxygen atoms in total. The van der Waals surface area contributed by atoms with Crippen molar-refractivity contribution in [1.29, 1.82) is 0 Å². The zero-order valence-electron chi connectivity index (χ0n) is 18.7. The Kier molecular flexibility index (Phi) is 5.38. The highest BCUT2D eigenvalue weighted by atomic mass is 16.5. The third kappa shape index (κ3) is 3.98. The van der Waals surface area contributed by atoms with Gasteiger partial charge in [-0.05, 0) is 30.7 Å². The van der Waals surface area contributed by atoms with Gasteiger partial charge in [-0.2, -0.15) is 0 Å². The Hall–Kier alpha value is -3.65. The number of furan rings is 1. The van der Waals surface area contributed by atoms with E-state index in [1.54, 1.807) is 24.2 Å². The van der Waals surface area contributed by atoms with Crippen LogP contribution in [0, 0.1) is 6.92 Å². The molecule has 1 aromatic carbocycles. The van der Waals surface area contributed by atoms with Crippen LogP contribution in [0.2, 0.25) is 0 Å². The first-order chi connectivity index (χ1) is 15.9. The fraction of sp³-hybridized carbons (Fsp3) is 0.320. The van der Waals surface area contributed by atoms with Crippen molar-refractivity contribution in [2.45, 2.75) is 31.8 Å². The number of pyridine rings is 1. The van der Waals surface area contributed by atoms with Crippen molar-refractivity contribution in [1.82, 2.24) is 9.88 Å². The van der Waals surface area contributed by atoms with Crippen molar-refractivity contribution in [3.05, 3.63) is 59.5 Å². The summed E-state index contributed by atoms with van der Waals surface area (Å²) >= 11 is 0. The molecule has 1 fully saturated rings. The number of hydrogen-bond donors (Lipinski definition) is 2. The molecular weight excluding hydrogens is 420 g/mol. The molecule has 4 heterocycles. The SMILES string of the molecule is Cc1oc2ccccc2c1CN(C)C(=O)/C=C/c1cnc2c(c1)NC1(CCOCC1)C(=O)N2. The van der Waals surface area contributed by atoms with Gasteiger partial charge in [-0.15, -0.1) is 0 Å². The van der Waals surface area contributed by atoms with Crippen LogP contribution in [0.3, 0.4) is 0 Å². The number of anilines is 2. The average Bonchev–Trinajstić information content (AvgIpc) is 3.13. The van der Waals surface area contributed by atoms with Gasteiger partial charge in [0.05, 0.1) is 5.69 Å². The Morgan fingerprint density at radius 3 is 2.88 bits per heavy atom. The summed E-state index contributed by atoms with van der Waals surface area (Å²) in [5.41, 5.74) is 2.68. The van der Waals surface area contributed by atoms with Crippen LogP contribution in [0.4, 0.5) is 11.5 Å². The van der Waals surface area contributed by atoms with E-state index in [0.717, 1.165) is 33.5 Å². The van der Waals surface area contributed by atoms with Crippen molar-refractivity contribution >= 4 is 40.4 Å². The number of likely N-dealkylation sites (N-methyl/N-ethyl adjacent to an activating group) is 1. The lowest BCUT2D eigenvalue weighted by Crippen LogP contribution is -2.55. The molecule has 3 aromatic rings. The molecule has 0 radical (unpaired) electrons. The maximum Gasteiger partial charge on any atom is 0.251 e. The molecule has 0 atom stereocenters. The van der Waals surface area contributed by atoms with Crippen molar-refractivity contribution in [3.63, 3.8) is 0 Å². The molecule has 0 bridgehead atoms. The van der Waals surface area contributed by atoms with E-state index >= 15 is 0 Å². The highest BCUT2D eigenvalue weighted by molar-refractivity contribution is 6.05. The van der Waals surface area contributed by atoms with E-state index < -0.39 is 5.54 Å². The van der Waals surface area contributed by atoms with E-state index in [4.69, 9.17) is 9.15 Å². The van der Waals surface area contributed by atoms with Crippen molar-refractivity contribution in [2.75, 3.05) is 30.9 Å². The number of fused-ring (bicyclic) bond motifs is 2. The average molecular weight is 447 g/mol. The minimum Gasteiger partial charge on any atom is -0.461 e. The number of nitrogens with one attached hydrogen (secondary N) is 2. The van der Waals surface area contributed by atoms with E-state index in [1.807, 2.05) is 37.3 Å². The number of para-hydroxylation sites is 1. The minimum atomic E-state index is -0.670. The molecule has 2 aliphatic heterocycles. The molecule has 170 valence electrons. The number of rotatable bonds is 4. The Morgan fingerprint density at radius 1 is 1.27 bits per heavy atom. The van der Waals surface area contributed by atoms with E-state index in [9.17, 15) is 9.59 Å². The van der Waals surface area contributed by atoms with Gasteiger partial charge in [0.2, 0.25) is 5.91 Å². The van der Waals surface area contributed by atoms with Gasteiger partial charge >= 0.3 is 0 Å². The molecular formula is C25H26N4O4. The minimum absolute atomic E-state index is 0.0760. The maximum atomic E-state index is 12.8. The summed E-state index contributed by atoms with van der Waals surface area (Å²) in [6.07, 6.45) is 6.11. The molecule has 0 aliphatic carbocycles. The summed E-state index contributed by atoms with van der Waals surface area (Å²) in [6, 6.07) is 9.73. The van der Waals surface area contributed by atoms with Gasteiger partial charge in [-0.25, -0.2) is 4.98 Å². The highest BCUT2D eigenvalue weighted by Gasteiger charge is 2.43. The predicted octanol–water partition coefficient (Wildman–Crippen LogP) is 3.72. The lowest BCUT2D eigenvalue weighted by atomic mass is 9.87. The van der Waals surface area contributed by atoms with Crippen LogP contribution in [-0.2, 0) is 20.9 Å². The Balaban J connectivity index is 1.30. The van der Waals surface area contributed by atoms with E-state index in [1.165, 1.54) is 6.08 Å². The van der Waals surface area contributed by atoms with Crippen molar-refractivity contribution < 1.29 is 18.7 Å². The molecule has 8 heteroatoms. The van der Waals surface area contributed by atoms with Crippen LogP contribution in [0.25, 0.3) is 17.0 Å². The molecule has 2 aromatic heterocycles. The summed E-state index contributed by atoms with van der Waals surface area (Å²) in [4.78, 5) is 31.4. The summed E-state index contributed by atoms with van der Waals surface area (Å²) in [5, 5.41) is 7.29. The first kappa shape index (κ1) is 21.2. The molecule has 2 N–H and O–H groups in total. The van der Waals surface area contributed by atoms with Crippen LogP contribution in [-0.4, -0.2) is 47.5 Å². The van der Waals surface area contributed by atoms with Crippen LogP contribution in [0.1, 0.15) is 29.7 Å². The van der Waals surface area contributed by atoms with E-state index in [0.29, 0.717) is 38.4 Å². The number of carbonyl (C=O) groups is 2. The number of hydrogen-bond acceptors (Lipinski definition) is 6. The molecule has 0 unspecified atom stereocenters. The zero-order chi connectivity index (χ0) is 23.0. The number of nitrogens with zero attached hydrogens (tertiary/aromatic N) is 2. The van der Waals surface area contributed by atoms with Crippen molar-refractivity contribution in [2.24, 2.45) is 0 Å². The van der Waals surface area contributed by atoms with Crippen LogP contribution in [0.5, 0.6) is 0 Å². The molecule has 5 rings (SSSR count). The summed E-state index contributed by atoms with van der Waals surface area (Å²) in [5.74, 6) is 1.11. The second-order valence-corrected chi connectivity index (χ2v) is 8.60. The maximum absolute atomic E-state index is 12.8. The third-order valence-electron chi connectivity index (χ3n) is 6.39. The van der Waals surface area contributed by atoms with Gasteiger partial charge in [0, 0.05) is 62.9 Å². The fourth-order valence-electron chi connectivity index (χ4n) is 4.41. The van der Waals surface area contributed by atoms with Gasteiger partial charge < -0.3 is 24.7 Å². The van der Waals surface area contributed by atoms with Gasteiger partial charge in [-0.1, -0.05) is 18.2 Å². The van der Waals surface area contributed by atoms with Crippen LogP contribution < -0.4 is 10.6 Å². The normalized spacial score (nSPS) is 17.1. The van der Waals surface area contributed by atoms with Gasteiger partial charge in [0.15, 0.2) is 5.82 Å². The summed E-state index contributed by atoms with van der Waals surface area (Å²) in [6.45, 7) is 3.44. The second kappa shape index (κ2) is 8.37. The number of amides is 2. The smallest absolute Gasteiger partial charge is 0.251 e. The van der Waals surface area contributed by atoms with E-state index in [2.05, 4.69) is 15.6 Å². The van der Waals surface area contributed by atoms with E-state index in [-0.39, 0.29) is 11.8 Å². The molecule has 1 spiro atoms. The number of aromatic nitrogens is 1. The largest absolute Gasteiger partial charge is 0.461 e. The van der Waals surface area contributed by atoms with Crippen LogP contribution in [0.15, 0.2) is 47.0 Å². The topological polar surface area (TPSA) is 96.7 Å². The molecule has 2 amide bonds. The molecule has 2 aliphatic rings. The monoisotopic (exact) mass is 446 g/mol. The lowest BCUT2D eigenvalue weighted by Gasteiger charge is -2.40. The Labute approximate surface area is 191 Å². The lowest BCUT2D eigenvalue weighted by molar-refractivity contribution is -0.125. The van der Waals surface area contributed by atoms with Crippen molar-refractivity contribution in [3.8, 4) is 0 Å². The highest BCUT2D eigenvalue weighted by Crippen LogP contribution is 2.35. The van der Waals surface area contributed by atoms with Gasteiger partial charge in [0.1, 0.15) is 16.9 Å². The van der Waals surface area contributed by atoms with Crippen LogP contribution >= 0.6 is 0 Å². The quantitative estimate of drug-likeness (QED) is 0.593. The number of carbonyl (C=O) groups excluding carboxylic acids is 2. The Morgan fingerprint density at radius 2 is 2.06 bits per heavy atom. The second-order valence-electron chi connectivity index (χ2n) is 8.60. The number of aryl methyl sites for hydroxylation is 1. The standard InChI is InChI=1S/C25H26N4O4/c1-16-19(18-5-3-4-6-21(18)33-16)15-29(2)22(30)8-7-17-13-20-23(26-14-17)27-24(31)25(28-20)9-11-32-12-10-25/h3-8,13-14,28H,9-12,15H2,1-2H3,(H,26,27,31)/b8-7+. The molecule has 33 heavy (non-hydrogen) atoms. The van der Waals surface area contributed by atoms with Gasteiger partial charge in [-0.3, -0.25) is 9.59 Å². The summed E-state index contributed by atoms with van der Waals surface area (Å²) < 4.78 is 11.2. The first-order valence-corrected chi connectivity index (χ1v) is 11.0. The number of ether oxygens (including phenoxy) is 1. The zero-order valence-corrected chi connectivity index (χ0v) is 18.7. The van der Waals surface area contributed by atoms with Gasteiger partial charge in [0.25, 0.3) is 5.91 Å². The first-order valence-electron chi connectivity index (χ1n) is 11.0. The molecule has 0 saturated carbocycles. The molecule has 1 saturated heterocycles.